The van der Waals surface area contributed by atoms with Crippen LogP contribution < -0.4 is 4.90 Å². The van der Waals surface area contributed by atoms with E-state index < -0.39 is 0 Å². The lowest BCUT2D eigenvalue weighted by atomic mass is 10.1. The maximum atomic E-state index is 13.2. The quantitative estimate of drug-likeness (QED) is 0.355. The molecule has 0 radical (unpaired) electrons. The monoisotopic (exact) mass is 474 g/mol. The number of imidazole rings is 1. The fourth-order valence-electron chi connectivity index (χ4n) is 6.13. The molecule has 0 bridgehead atoms. The molecule has 1 amide bonds. The maximum Gasteiger partial charge on any atom is 0.230 e. The van der Waals surface area contributed by atoms with E-state index in [1.165, 1.54) is 0 Å². The number of benzene rings is 2. The highest BCUT2D eigenvalue weighted by atomic mass is 16.2. The largest absolute Gasteiger partial charge is 0.340 e. The summed E-state index contributed by atoms with van der Waals surface area (Å²) in [7, 11) is 4.16. The van der Waals surface area contributed by atoms with E-state index >= 15 is 0 Å². The summed E-state index contributed by atoms with van der Waals surface area (Å²) in [6.07, 6.45) is 6.00. The number of aromatic nitrogens is 3. The van der Waals surface area contributed by atoms with Crippen molar-refractivity contribution in [2.75, 3.05) is 32.1 Å². The van der Waals surface area contributed by atoms with Gasteiger partial charge in [-0.2, -0.15) is 0 Å². The predicted molar refractivity (Wildman–Crippen MR) is 139 cm³/mol. The normalized spacial score (nSPS) is 21.4. The molecule has 0 unspecified atom stereocenters. The average molecular weight is 475 g/mol. The molecule has 178 valence electrons. The molecule has 3 atom stereocenters. The van der Waals surface area contributed by atoms with Gasteiger partial charge in [-0.1, -0.05) is 24.3 Å². The van der Waals surface area contributed by atoms with E-state index in [2.05, 4.69) is 68.4 Å². The van der Waals surface area contributed by atoms with Crippen molar-refractivity contribution in [3.8, 4) is 28.3 Å². The zero-order valence-corrected chi connectivity index (χ0v) is 20.3. The molecule has 1 aliphatic carbocycles. The van der Waals surface area contributed by atoms with Gasteiger partial charge in [0.2, 0.25) is 5.91 Å². The van der Waals surface area contributed by atoms with Crippen molar-refractivity contribution in [3.63, 3.8) is 0 Å². The Hall–Kier alpha value is -4.15. The van der Waals surface area contributed by atoms with Crippen LogP contribution in [0, 0.1) is 24.3 Å². The SMILES string of the molecule is [C-]#[N+]c1ccc(-c2cc3n(c2)Cc2cc(N4C[C@H]5[C@H](CN(C)C)[C@H]5C4=O)ccc2-n2ccnc2-3)cc1. The molecule has 4 heterocycles. The van der Waals surface area contributed by atoms with E-state index in [9.17, 15) is 4.79 Å². The minimum atomic E-state index is 0.180. The number of carbonyl (C=O) groups excluding carboxylic acids is 1. The molecule has 1 saturated heterocycles. The van der Waals surface area contributed by atoms with Crippen LogP contribution in [0.3, 0.4) is 0 Å². The van der Waals surface area contributed by atoms with Gasteiger partial charge in [-0.05, 0) is 61.3 Å². The van der Waals surface area contributed by atoms with E-state index in [-0.39, 0.29) is 11.8 Å². The standard InChI is InChI=1S/C29H26N6O/c1-30-21-6-4-18(5-7-21)19-13-26-28-31-10-11-34(28)25-9-8-22(12-20(25)15-33(26)14-19)35-17-24-23(16-32(2)3)27(24)29(35)36/h4-14,23-24,27H,15-17H2,2-3H3/t23-,24-,27+/m0/s1. The maximum absolute atomic E-state index is 13.2. The smallest absolute Gasteiger partial charge is 0.230 e. The third-order valence-electron chi connectivity index (χ3n) is 7.92. The van der Waals surface area contributed by atoms with Gasteiger partial charge in [0.1, 0.15) is 0 Å². The second kappa shape index (κ2) is 7.67. The second-order valence-electron chi connectivity index (χ2n) is 10.4. The van der Waals surface area contributed by atoms with Crippen LogP contribution in [0.4, 0.5) is 11.4 Å². The number of fused-ring (bicyclic) bond motifs is 6. The molecule has 2 aromatic heterocycles. The van der Waals surface area contributed by atoms with Crippen molar-refractivity contribution < 1.29 is 4.79 Å². The van der Waals surface area contributed by atoms with Crippen molar-refractivity contribution in [1.82, 2.24) is 19.0 Å². The molecule has 1 saturated carbocycles. The highest BCUT2D eigenvalue weighted by molar-refractivity contribution is 6.00. The zero-order chi connectivity index (χ0) is 24.6. The first-order valence-corrected chi connectivity index (χ1v) is 12.3. The van der Waals surface area contributed by atoms with Crippen LogP contribution in [0.25, 0.3) is 33.2 Å². The third-order valence-corrected chi connectivity index (χ3v) is 7.92. The van der Waals surface area contributed by atoms with Crippen molar-refractivity contribution >= 4 is 17.3 Å². The van der Waals surface area contributed by atoms with Gasteiger partial charge in [0.05, 0.1) is 18.0 Å². The Labute approximate surface area is 210 Å². The minimum absolute atomic E-state index is 0.180. The van der Waals surface area contributed by atoms with Crippen LogP contribution >= 0.6 is 0 Å². The molecular formula is C29H26N6O. The summed E-state index contributed by atoms with van der Waals surface area (Å²) in [6.45, 7) is 9.71. The fourth-order valence-corrected chi connectivity index (χ4v) is 6.13. The Morgan fingerprint density at radius 1 is 1.11 bits per heavy atom. The minimum Gasteiger partial charge on any atom is -0.340 e. The lowest BCUT2D eigenvalue weighted by Crippen LogP contribution is -2.32. The lowest BCUT2D eigenvalue weighted by Gasteiger charge is -2.23. The number of rotatable bonds is 4. The van der Waals surface area contributed by atoms with Crippen LogP contribution in [0.1, 0.15) is 5.56 Å². The summed E-state index contributed by atoms with van der Waals surface area (Å²) in [6, 6.07) is 16.3. The fraction of sp³-hybridized carbons (Fsp3) is 0.276. The van der Waals surface area contributed by atoms with Crippen LogP contribution in [-0.2, 0) is 11.3 Å². The molecule has 0 N–H and O–H groups in total. The first kappa shape index (κ1) is 21.2. The van der Waals surface area contributed by atoms with Gasteiger partial charge in [0.25, 0.3) is 0 Å². The Morgan fingerprint density at radius 3 is 2.67 bits per heavy atom. The Kier molecular flexibility index (Phi) is 4.51. The average Bonchev–Trinajstić information content (AvgIpc) is 3.22. The van der Waals surface area contributed by atoms with E-state index in [0.29, 0.717) is 24.1 Å². The predicted octanol–water partition coefficient (Wildman–Crippen LogP) is 4.69. The van der Waals surface area contributed by atoms with Gasteiger partial charge in [-0.15, -0.1) is 0 Å². The molecule has 2 aromatic carbocycles. The topological polar surface area (TPSA) is 50.7 Å². The molecule has 2 fully saturated rings. The highest BCUT2D eigenvalue weighted by Gasteiger charge is 2.61. The molecule has 7 heteroatoms. The molecule has 7 nitrogen and oxygen atoms in total. The third kappa shape index (κ3) is 3.15. The van der Waals surface area contributed by atoms with Gasteiger partial charge in [0.15, 0.2) is 11.5 Å². The first-order valence-electron chi connectivity index (χ1n) is 12.3. The van der Waals surface area contributed by atoms with E-state index in [4.69, 9.17) is 6.57 Å². The van der Waals surface area contributed by atoms with Crippen LogP contribution in [0.15, 0.2) is 67.1 Å². The summed E-state index contributed by atoms with van der Waals surface area (Å²) in [5.74, 6) is 2.33. The number of amides is 1. The van der Waals surface area contributed by atoms with Gasteiger partial charge in [0, 0.05) is 55.4 Å². The first-order chi connectivity index (χ1) is 17.5. The Morgan fingerprint density at radius 2 is 1.94 bits per heavy atom. The number of nitrogens with zero attached hydrogens (tertiary/aromatic N) is 6. The number of carbonyl (C=O) groups is 1. The van der Waals surface area contributed by atoms with E-state index in [1.807, 2.05) is 41.6 Å². The van der Waals surface area contributed by atoms with Crippen molar-refractivity contribution in [3.05, 3.63) is 84.1 Å². The molecule has 0 spiro atoms. The van der Waals surface area contributed by atoms with Crippen LogP contribution in [-0.4, -0.2) is 52.1 Å². The molecule has 36 heavy (non-hydrogen) atoms. The summed E-state index contributed by atoms with van der Waals surface area (Å²) >= 11 is 0. The number of piperidine rings is 1. The molecule has 4 aromatic rings. The van der Waals surface area contributed by atoms with Gasteiger partial charge in [-0.25, -0.2) is 9.83 Å². The Balaban J connectivity index is 1.23. The lowest BCUT2D eigenvalue weighted by molar-refractivity contribution is -0.119. The number of hydrogen-bond donors (Lipinski definition) is 0. The number of anilines is 1. The van der Waals surface area contributed by atoms with Crippen LogP contribution in [0.2, 0.25) is 0 Å². The molecule has 3 aliphatic rings. The van der Waals surface area contributed by atoms with Gasteiger partial charge >= 0.3 is 0 Å². The number of hydrogen-bond acceptors (Lipinski definition) is 3. The summed E-state index contributed by atoms with van der Waals surface area (Å²) in [5, 5.41) is 0. The van der Waals surface area contributed by atoms with Gasteiger partial charge < -0.3 is 14.4 Å². The summed E-state index contributed by atoms with van der Waals surface area (Å²) < 4.78 is 4.38. The zero-order valence-electron chi connectivity index (χ0n) is 20.3. The van der Waals surface area contributed by atoms with E-state index in [0.717, 1.165) is 52.7 Å². The molecule has 2 aliphatic heterocycles. The second-order valence-corrected chi connectivity index (χ2v) is 10.4. The Bertz CT molecular complexity index is 1550. The molecular weight excluding hydrogens is 448 g/mol. The van der Waals surface area contributed by atoms with Crippen molar-refractivity contribution in [2.24, 2.45) is 17.8 Å². The summed E-state index contributed by atoms with van der Waals surface area (Å²) in [4.78, 5) is 25.6. The molecule has 7 rings (SSSR count). The van der Waals surface area contributed by atoms with E-state index in [1.54, 1.807) is 0 Å². The van der Waals surface area contributed by atoms with Crippen molar-refractivity contribution in [2.45, 2.75) is 6.54 Å². The van der Waals surface area contributed by atoms with Gasteiger partial charge in [-0.3, -0.25) is 9.36 Å². The summed E-state index contributed by atoms with van der Waals surface area (Å²) in [5.41, 5.74) is 7.10. The van der Waals surface area contributed by atoms with Crippen LogP contribution in [0.5, 0.6) is 0 Å². The highest BCUT2D eigenvalue weighted by Crippen LogP contribution is 2.53. The van der Waals surface area contributed by atoms with Crippen molar-refractivity contribution in [1.29, 1.82) is 0 Å².